The van der Waals surface area contributed by atoms with Crippen molar-refractivity contribution in [1.29, 1.82) is 0 Å². The minimum Gasteiger partial charge on any atom is -0.478 e. The predicted molar refractivity (Wildman–Crippen MR) is 105 cm³/mol. The van der Waals surface area contributed by atoms with Crippen molar-refractivity contribution in [2.24, 2.45) is 0 Å². The number of rotatable bonds is 6. The average molecular weight is 412 g/mol. The van der Waals surface area contributed by atoms with Crippen LogP contribution in [-0.2, 0) is 14.8 Å². The molecule has 148 valence electrons. The van der Waals surface area contributed by atoms with Gasteiger partial charge in [0.2, 0.25) is 0 Å². The van der Waals surface area contributed by atoms with Gasteiger partial charge in [0.15, 0.2) is 0 Å². The Morgan fingerprint density at radius 2 is 1.72 bits per heavy atom. The zero-order valence-corrected chi connectivity index (χ0v) is 15.7. The molecular weight excluding hydrogens is 396 g/mol. The molecule has 1 heterocycles. The molecule has 1 amide bonds. The number of aromatic carboxylic acids is 1. The first-order chi connectivity index (χ1) is 13.8. The summed E-state index contributed by atoms with van der Waals surface area (Å²) in [6, 6.07) is 13.9. The molecule has 0 aliphatic rings. The topological polar surface area (TPSA) is 126 Å². The van der Waals surface area contributed by atoms with Crippen molar-refractivity contribution in [3.05, 3.63) is 84.2 Å². The summed E-state index contributed by atoms with van der Waals surface area (Å²) in [7, 11) is -3.88. The van der Waals surface area contributed by atoms with E-state index >= 15 is 0 Å². The fourth-order valence-electron chi connectivity index (χ4n) is 2.61. The van der Waals surface area contributed by atoms with Crippen LogP contribution in [0.15, 0.2) is 78.0 Å². The van der Waals surface area contributed by atoms with Crippen molar-refractivity contribution in [3.8, 4) is 11.1 Å². The van der Waals surface area contributed by atoms with Gasteiger partial charge >= 0.3 is 5.97 Å². The molecule has 1 aromatic heterocycles. The second-order valence-corrected chi connectivity index (χ2v) is 7.84. The number of carboxylic acid groups (broad SMARTS) is 1. The second kappa shape index (κ2) is 8.13. The Hall–Kier alpha value is -3.69. The quantitative estimate of drug-likeness (QED) is 0.325. The van der Waals surface area contributed by atoms with E-state index in [4.69, 9.17) is 10.3 Å². The third-order valence-corrected chi connectivity index (χ3v) is 5.73. The average Bonchev–Trinajstić information content (AvgIpc) is 3.22. The lowest BCUT2D eigenvalue weighted by molar-refractivity contribution is -0.124. The van der Waals surface area contributed by atoms with Gasteiger partial charge in [-0.05, 0) is 53.1 Å². The van der Waals surface area contributed by atoms with Gasteiger partial charge in [0.25, 0.3) is 15.9 Å². The van der Waals surface area contributed by atoms with Gasteiger partial charge in [0.1, 0.15) is 0 Å². The molecule has 0 saturated heterocycles. The van der Waals surface area contributed by atoms with E-state index in [2.05, 4.69) is 0 Å². The zero-order valence-electron chi connectivity index (χ0n) is 14.9. The summed E-state index contributed by atoms with van der Waals surface area (Å²) in [6.07, 6.45) is 5.11. The van der Waals surface area contributed by atoms with Crippen molar-refractivity contribution < 1.29 is 28.3 Å². The van der Waals surface area contributed by atoms with Crippen molar-refractivity contribution in [2.45, 2.75) is 4.90 Å². The van der Waals surface area contributed by atoms with Crippen LogP contribution in [0.5, 0.6) is 0 Å². The van der Waals surface area contributed by atoms with Gasteiger partial charge in [-0.25, -0.2) is 22.7 Å². The van der Waals surface area contributed by atoms with Gasteiger partial charge in [0, 0.05) is 18.5 Å². The van der Waals surface area contributed by atoms with E-state index in [0.717, 1.165) is 10.0 Å². The Morgan fingerprint density at radius 3 is 2.38 bits per heavy atom. The molecule has 0 aliphatic heterocycles. The number of carbonyl (C=O) groups excluding carboxylic acids is 1. The predicted octanol–water partition coefficient (Wildman–Crippen LogP) is 2.61. The first-order valence-corrected chi connectivity index (χ1v) is 9.75. The maximum absolute atomic E-state index is 12.9. The van der Waals surface area contributed by atoms with E-state index in [0.29, 0.717) is 16.7 Å². The van der Waals surface area contributed by atoms with E-state index in [-0.39, 0.29) is 10.5 Å². The number of aromatic nitrogens is 1. The molecule has 0 fully saturated rings. The summed E-state index contributed by atoms with van der Waals surface area (Å²) in [6.45, 7) is 0. The Labute approximate surface area is 166 Å². The molecular formula is C20H16N2O6S. The molecule has 0 bridgehead atoms. The molecule has 8 nitrogen and oxygen atoms in total. The first-order valence-electron chi connectivity index (χ1n) is 8.31. The summed E-state index contributed by atoms with van der Waals surface area (Å²) in [5.41, 5.74) is 3.34. The summed E-state index contributed by atoms with van der Waals surface area (Å²) in [5, 5.41) is 17.5. The van der Waals surface area contributed by atoms with Crippen LogP contribution in [0.4, 0.5) is 0 Å². The number of nitrogens with one attached hydrogen (secondary N) is 1. The summed E-state index contributed by atoms with van der Waals surface area (Å²) >= 11 is 0. The maximum Gasteiger partial charge on any atom is 0.335 e. The maximum atomic E-state index is 12.9. The minimum absolute atomic E-state index is 0.0524. The van der Waals surface area contributed by atoms with Crippen LogP contribution >= 0.6 is 0 Å². The molecule has 0 spiro atoms. The van der Waals surface area contributed by atoms with Crippen LogP contribution < -0.4 is 5.48 Å². The number of carbonyl (C=O) groups is 2. The number of hydrogen-bond donors (Lipinski definition) is 3. The number of hydrogen-bond acceptors (Lipinski definition) is 5. The smallest absolute Gasteiger partial charge is 0.335 e. The van der Waals surface area contributed by atoms with Gasteiger partial charge in [0.05, 0.1) is 10.5 Å². The molecule has 3 rings (SSSR count). The molecule has 3 N–H and O–H groups in total. The summed E-state index contributed by atoms with van der Waals surface area (Å²) < 4.78 is 26.8. The molecule has 29 heavy (non-hydrogen) atoms. The van der Waals surface area contributed by atoms with Crippen molar-refractivity contribution in [3.63, 3.8) is 0 Å². The highest BCUT2D eigenvalue weighted by atomic mass is 32.2. The molecule has 0 radical (unpaired) electrons. The van der Waals surface area contributed by atoms with Crippen LogP contribution in [0.25, 0.3) is 17.2 Å². The lowest BCUT2D eigenvalue weighted by Crippen LogP contribution is -2.14. The molecule has 3 aromatic rings. The lowest BCUT2D eigenvalue weighted by Gasteiger charge is -2.08. The van der Waals surface area contributed by atoms with Crippen LogP contribution in [0.1, 0.15) is 15.9 Å². The Bertz CT molecular complexity index is 1190. The minimum atomic E-state index is -3.88. The van der Waals surface area contributed by atoms with Gasteiger partial charge in [-0.2, -0.15) is 0 Å². The molecule has 9 heteroatoms. The SMILES string of the molecule is O=C(/C=C/c1ccn(S(=O)(=O)c2cccc(-c3ccc(C(=O)O)cc3)c2)c1)NO. The largest absolute Gasteiger partial charge is 0.478 e. The van der Waals surface area contributed by atoms with Gasteiger partial charge in [-0.3, -0.25) is 10.0 Å². The van der Waals surface area contributed by atoms with E-state index < -0.39 is 21.9 Å². The number of carboxylic acids is 1. The summed E-state index contributed by atoms with van der Waals surface area (Å²) in [5.74, 6) is -1.77. The van der Waals surface area contributed by atoms with Gasteiger partial charge in [-0.15, -0.1) is 0 Å². The zero-order chi connectivity index (χ0) is 21.0. The first kappa shape index (κ1) is 20.1. The second-order valence-electron chi connectivity index (χ2n) is 6.00. The highest BCUT2D eigenvalue weighted by Gasteiger charge is 2.17. The third kappa shape index (κ3) is 4.42. The highest BCUT2D eigenvalue weighted by molar-refractivity contribution is 7.90. The molecule has 0 aliphatic carbocycles. The lowest BCUT2D eigenvalue weighted by atomic mass is 10.0. The monoisotopic (exact) mass is 412 g/mol. The van der Waals surface area contributed by atoms with E-state index in [9.17, 15) is 18.0 Å². The normalized spacial score (nSPS) is 11.5. The fourth-order valence-corrected chi connectivity index (χ4v) is 3.86. The molecule has 0 atom stereocenters. The van der Waals surface area contributed by atoms with Crippen LogP contribution in [0, 0.1) is 0 Å². The molecule has 0 unspecified atom stereocenters. The number of amides is 1. The van der Waals surface area contributed by atoms with Crippen LogP contribution in [0.2, 0.25) is 0 Å². The fraction of sp³-hybridized carbons (Fsp3) is 0. The van der Waals surface area contributed by atoms with Crippen LogP contribution in [0.3, 0.4) is 0 Å². The summed E-state index contributed by atoms with van der Waals surface area (Å²) in [4.78, 5) is 22.1. The van der Waals surface area contributed by atoms with Gasteiger partial charge in [-0.1, -0.05) is 24.3 Å². The van der Waals surface area contributed by atoms with E-state index in [1.54, 1.807) is 24.3 Å². The van der Waals surface area contributed by atoms with E-state index in [1.165, 1.54) is 54.3 Å². The van der Waals surface area contributed by atoms with Crippen molar-refractivity contribution in [1.82, 2.24) is 9.45 Å². The van der Waals surface area contributed by atoms with Crippen molar-refractivity contribution >= 4 is 28.0 Å². The van der Waals surface area contributed by atoms with Crippen molar-refractivity contribution in [2.75, 3.05) is 0 Å². The van der Waals surface area contributed by atoms with Gasteiger partial charge < -0.3 is 5.11 Å². The number of hydroxylamine groups is 1. The number of benzene rings is 2. The van der Waals surface area contributed by atoms with Crippen LogP contribution in [-0.4, -0.2) is 34.6 Å². The Morgan fingerprint density at radius 1 is 1.00 bits per heavy atom. The standard InChI is InChI=1S/C20H16N2O6S/c23-19(21-26)9-4-14-10-11-22(13-14)29(27,28)18-3-1-2-17(12-18)15-5-7-16(8-6-15)20(24)25/h1-13,26H,(H,21,23)(H,24,25)/b9-4+. The Balaban J connectivity index is 1.91. The Kier molecular flexibility index (Phi) is 5.62. The third-order valence-electron chi connectivity index (χ3n) is 4.10. The van der Waals surface area contributed by atoms with E-state index in [1.807, 2.05) is 0 Å². The molecule has 2 aromatic carbocycles. The molecule has 0 saturated carbocycles. The highest BCUT2D eigenvalue weighted by Crippen LogP contribution is 2.24. The number of nitrogens with zero attached hydrogens (tertiary/aromatic N) is 1.